The van der Waals surface area contributed by atoms with Crippen LogP contribution in [0.4, 0.5) is 5.69 Å². The smallest absolute Gasteiger partial charge is 0.237 e. The van der Waals surface area contributed by atoms with Gasteiger partial charge in [0.25, 0.3) is 0 Å². The van der Waals surface area contributed by atoms with Gasteiger partial charge in [0.15, 0.2) is 0 Å². The molecule has 0 radical (unpaired) electrons. The lowest BCUT2D eigenvalue weighted by molar-refractivity contribution is -0.122. The quantitative estimate of drug-likeness (QED) is 0.750. The first-order valence-corrected chi connectivity index (χ1v) is 9.27. The fourth-order valence-electron chi connectivity index (χ4n) is 4.21. The molecule has 2 atom stereocenters. The highest BCUT2D eigenvalue weighted by Crippen LogP contribution is 2.40. The van der Waals surface area contributed by atoms with E-state index in [-0.39, 0.29) is 23.7 Å². The third kappa shape index (κ3) is 3.00. The Labute approximate surface area is 153 Å². The van der Waals surface area contributed by atoms with Gasteiger partial charge in [-0.3, -0.25) is 14.5 Å². The van der Waals surface area contributed by atoms with Crippen molar-refractivity contribution in [1.29, 1.82) is 0 Å². The number of imide groups is 1. The minimum absolute atomic E-state index is 0.0392. The van der Waals surface area contributed by atoms with Gasteiger partial charge < -0.3 is 4.74 Å². The van der Waals surface area contributed by atoms with Crippen LogP contribution < -0.4 is 9.64 Å². The van der Waals surface area contributed by atoms with Gasteiger partial charge in [-0.15, -0.1) is 0 Å². The van der Waals surface area contributed by atoms with Gasteiger partial charge in [0.1, 0.15) is 11.5 Å². The number of hydrogen-bond donors (Lipinski definition) is 0. The van der Waals surface area contributed by atoms with Gasteiger partial charge in [-0.2, -0.15) is 0 Å². The number of rotatable bonds is 3. The Morgan fingerprint density at radius 2 is 1.35 bits per heavy atom. The molecule has 4 nitrogen and oxygen atoms in total. The molecule has 4 rings (SSSR count). The van der Waals surface area contributed by atoms with Gasteiger partial charge in [-0.25, -0.2) is 0 Å². The molecule has 2 amide bonds. The molecule has 1 saturated heterocycles. The molecule has 0 spiro atoms. The van der Waals surface area contributed by atoms with E-state index in [1.54, 1.807) is 12.1 Å². The molecule has 2 fully saturated rings. The monoisotopic (exact) mass is 349 g/mol. The van der Waals surface area contributed by atoms with Crippen molar-refractivity contribution in [2.75, 3.05) is 4.90 Å². The average Bonchev–Trinajstić information content (AvgIpc) is 2.86. The Morgan fingerprint density at radius 3 is 1.88 bits per heavy atom. The number of amides is 2. The molecule has 4 heteroatoms. The second kappa shape index (κ2) is 6.60. The normalized spacial score (nSPS) is 22.5. The molecule has 1 saturated carbocycles. The van der Waals surface area contributed by atoms with Crippen LogP contribution in [0.3, 0.4) is 0 Å². The van der Waals surface area contributed by atoms with Crippen molar-refractivity contribution in [3.05, 3.63) is 53.6 Å². The summed E-state index contributed by atoms with van der Waals surface area (Å²) in [5.41, 5.74) is 2.93. The lowest BCUT2D eigenvalue weighted by atomic mass is 9.81. The Morgan fingerprint density at radius 1 is 0.808 bits per heavy atom. The van der Waals surface area contributed by atoms with Crippen molar-refractivity contribution in [2.45, 2.75) is 39.5 Å². The summed E-state index contributed by atoms with van der Waals surface area (Å²) in [7, 11) is 0. The summed E-state index contributed by atoms with van der Waals surface area (Å²) < 4.78 is 5.92. The molecule has 2 aromatic rings. The molecule has 0 aromatic heterocycles. The highest BCUT2D eigenvalue weighted by atomic mass is 16.5. The second-order valence-corrected chi connectivity index (χ2v) is 7.43. The van der Waals surface area contributed by atoms with Crippen LogP contribution in [-0.2, 0) is 9.59 Å². The highest BCUT2D eigenvalue weighted by molar-refractivity contribution is 6.22. The van der Waals surface area contributed by atoms with Gasteiger partial charge in [-0.1, -0.05) is 18.9 Å². The zero-order valence-electron chi connectivity index (χ0n) is 15.2. The largest absolute Gasteiger partial charge is 0.457 e. The third-order valence-corrected chi connectivity index (χ3v) is 5.37. The molecular formula is C22H23NO3. The topological polar surface area (TPSA) is 46.6 Å². The molecule has 0 unspecified atom stereocenters. The van der Waals surface area contributed by atoms with Crippen LogP contribution in [0.1, 0.15) is 36.8 Å². The van der Waals surface area contributed by atoms with Gasteiger partial charge >= 0.3 is 0 Å². The Balaban J connectivity index is 1.54. The van der Waals surface area contributed by atoms with Gasteiger partial charge in [0, 0.05) is 0 Å². The summed E-state index contributed by atoms with van der Waals surface area (Å²) in [6, 6.07) is 13.3. The maximum Gasteiger partial charge on any atom is 0.237 e. The molecule has 1 aliphatic heterocycles. The van der Waals surface area contributed by atoms with Crippen LogP contribution in [-0.4, -0.2) is 11.8 Å². The number of carbonyl (C=O) groups excluding carboxylic acids is 2. The molecule has 0 bridgehead atoms. The fourth-order valence-corrected chi connectivity index (χ4v) is 4.21. The summed E-state index contributed by atoms with van der Waals surface area (Å²) in [5.74, 6) is 1.15. The third-order valence-electron chi connectivity index (χ3n) is 5.37. The first kappa shape index (κ1) is 16.8. The van der Waals surface area contributed by atoms with E-state index in [2.05, 4.69) is 6.07 Å². The number of fused-ring (bicyclic) bond motifs is 1. The zero-order valence-corrected chi connectivity index (χ0v) is 15.2. The summed E-state index contributed by atoms with van der Waals surface area (Å²) in [5, 5.41) is 0. The maximum absolute atomic E-state index is 12.7. The van der Waals surface area contributed by atoms with Crippen molar-refractivity contribution >= 4 is 17.5 Å². The zero-order chi connectivity index (χ0) is 18.3. The SMILES string of the molecule is Cc1cc(C)cc(Oc2ccc(N3C(=O)[C@H]4CCCC[C@H]4C3=O)cc2)c1. The van der Waals surface area contributed by atoms with Gasteiger partial charge in [0.05, 0.1) is 17.5 Å². The van der Waals surface area contributed by atoms with Crippen LogP contribution in [0.25, 0.3) is 0 Å². The Kier molecular flexibility index (Phi) is 4.27. The number of carbonyl (C=O) groups is 2. The molecule has 134 valence electrons. The second-order valence-electron chi connectivity index (χ2n) is 7.43. The number of aryl methyl sites for hydroxylation is 2. The summed E-state index contributed by atoms with van der Waals surface area (Å²) in [6.07, 6.45) is 3.74. The van der Waals surface area contributed by atoms with E-state index in [9.17, 15) is 9.59 Å². The molecule has 26 heavy (non-hydrogen) atoms. The standard InChI is InChI=1S/C22H23NO3/c1-14-11-15(2)13-18(12-14)26-17-9-7-16(8-10-17)23-21(24)19-5-3-4-6-20(19)22(23)25/h7-13,19-20H,3-6H2,1-2H3/t19-,20+. The molecule has 2 aliphatic rings. The number of hydrogen-bond acceptors (Lipinski definition) is 3. The van der Waals surface area contributed by atoms with E-state index >= 15 is 0 Å². The van der Waals surface area contributed by atoms with Crippen molar-refractivity contribution in [3.8, 4) is 11.5 Å². The van der Waals surface area contributed by atoms with Crippen molar-refractivity contribution in [2.24, 2.45) is 11.8 Å². The number of ether oxygens (including phenoxy) is 1. The van der Waals surface area contributed by atoms with Crippen molar-refractivity contribution < 1.29 is 14.3 Å². The molecule has 1 heterocycles. The lowest BCUT2D eigenvalue weighted by Gasteiger charge is -2.19. The lowest BCUT2D eigenvalue weighted by Crippen LogP contribution is -2.30. The Hall–Kier alpha value is -2.62. The maximum atomic E-state index is 12.7. The van der Waals surface area contributed by atoms with E-state index in [1.165, 1.54) is 4.90 Å². The number of nitrogens with zero attached hydrogens (tertiary/aromatic N) is 1. The fraction of sp³-hybridized carbons (Fsp3) is 0.364. The summed E-state index contributed by atoms with van der Waals surface area (Å²) in [6.45, 7) is 4.07. The molecule has 2 aromatic carbocycles. The van der Waals surface area contributed by atoms with Gasteiger partial charge in [0.2, 0.25) is 11.8 Å². The Bertz CT molecular complexity index is 812. The minimum atomic E-state index is -0.123. The highest BCUT2D eigenvalue weighted by Gasteiger charge is 2.48. The predicted octanol–water partition coefficient (Wildman–Crippen LogP) is 4.78. The number of benzene rings is 2. The first-order chi connectivity index (χ1) is 12.5. The summed E-state index contributed by atoms with van der Waals surface area (Å²) in [4.78, 5) is 26.7. The van der Waals surface area contributed by atoms with E-state index in [1.807, 2.05) is 38.1 Å². The van der Waals surface area contributed by atoms with E-state index in [0.717, 1.165) is 42.6 Å². The average molecular weight is 349 g/mol. The van der Waals surface area contributed by atoms with Crippen molar-refractivity contribution in [3.63, 3.8) is 0 Å². The minimum Gasteiger partial charge on any atom is -0.457 e. The summed E-state index contributed by atoms with van der Waals surface area (Å²) >= 11 is 0. The van der Waals surface area contributed by atoms with Crippen molar-refractivity contribution in [1.82, 2.24) is 0 Å². The van der Waals surface area contributed by atoms with Crippen LogP contribution >= 0.6 is 0 Å². The first-order valence-electron chi connectivity index (χ1n) is 9.27. The van der Waals surface area contributed by atoms with E-state index < -0.39 is 0 Å². The van der Waals surface area contributed by atoms with E-state index in [0.29, 0.717) is 11.4 Å². The van der Waals surface area contributed by atoms with E-state index in [4.69, 9.17) is 4.74 Å². The molecule has 1 aliphatic carbocycles. The predicted molar refractivity (Wildman–Crippen MR) is 100 cm³/mol. The van der Waals surface area contributed by atoms with Crippen LogP contribution in [0.5, 0.6) is 11.5 Å². The molecular weight excluding hydrogens is 326 g/mol. The van der Waals surface area contributed by atoms with Crippen LogP contribution in [0, 0.1) is 25.7 Å². The van der Waals surface area contributed by atoms with Crippen LogP contribution in [0.2, 0.25) is 0 Å². The van der Waals surface area contributed by atoms with Gasteiger partial charge in [-0.05, 0) is 74.2 Å². The van der Waals surface area contributed by atoms with Crippen LogP contribution in [0.15, 0.2) is 42.5 Å². The molecule has 0 N–H and O–H groups in total. The number of anilines is 1.